The van der Waals surface area contributed by atoms with Gasteiger partial charge in [0.25, 0.3) is 5.69 Å². The van der Waals surface area contributed by atoms with Crippen molar-refractivity contribution in [1.29, 1.82) is 0 Å². The highest BCUT2D eigenvalue weighted by atomic mass is 16.7. The summed E-state index contributed by atoms with van der Waals surface area (Å²) in [7, 11) is 0. The molecular formula is C17H25NO6. The highest BCUT2D eigenvalue weighted by Gasteiger charge is 2.31. The summed E-state index contributed by atoms with van der Waals surface area (Å²) in [5.41, 5.74) is 1.15. The van der Waals surface area contributed by atoms with E-state index in [0.29, 0.717) is 19.4 Å². The van der Waals surface area contributed by atoms with E-state index < -0.39 is 23.4 Å². The molecule has 0 aromatic heterocycles. The monoisotopic (exact) mass is 339 g/mol. The second-order valence-corrected chi connectivity index (χ2v) is 6.22. The van der Waals surface area contributed by atoms with Gasteiger partial charge in [-0.15, -0.1) is 0 Å². The van der Waals surface area contributed by atoms with Crippen molar-refractivity contribution < 1.29 is 24.6 Å². The summed E-state index contributed by atoms with van der Waals surface area (Å²) in [5, 5.41) is 30.0. The van der Waals surface area contributed by atoms with Gasteiger partial charge in [-0.1, -0.05) is 12.1 Å². The number of aliphatic hydroxyl groups is 2. The van der Waals surface area contributed by atoms with Crippen molar-refractivity contribution in [2.75, 3.05) is 6.61 Å². The number of nitrogens with zero attached hydrogens (tertiary/aromatic N) is 1. The molecule has 0 aliphatic carbocycles. The van der Waals surface area contributed by atoms with E-state index in [-0.39, 0.29) is 11.8 Å². The van der Waals surface area contributed by atoms with Crippen molar-refractivity contribution in [3.8, 4) is 0 Å². The molecule has 0 spiro atoms. The molecule has 1 aliphatic heterocycles. The van der Waals surface area contributed by atoms with Crippen LogP contribution >= 0.6 is 0 Å². The van der Waals surface area contributed by atoms with Crippen molar-refractivity contribution >= 4 is 5.69 Å². The fraction of sp³-hybridized carbons (Fsp3) is 0.647. The summed E-state index contributed by atoms with van der Waals surface area (Å²) in [6.45, 7) is 2.15. The van der Waals surface area contributed by atoms with Gasteiger partial charge in [-0.05, 0) is 31.7 Å². The lowest BCUT2D eigenvalue weighted by Crippen LogP contribution is -2.42. The lowest BCUT2D eigenvalue weighted by Gasteiger charge is -2.34. The molecule has 1 fully saturated rings. The van der Waals surface area contributed by atoms with Crippen molar-refractivity contribution in [1.82, 2.24) is 0 Å². The van der Waals surface area contributed by atoms with Crippen molar-refractivity contribution in [2.45, 2.75) is 63.6 Å². The Morgan fingerprint density at radius 3 is 2.67 bits per heavy atom. The number of nitro groups is 1. The van der Waals surface area contributed by atoms with Crippen LogP contribution in [0.5, 0.6) is 0 Å². The third-order valence-electron chi connectivity index (χ3n) is 4.14. The zero-order valence-electron chi connectivity index (χ0n) is 13.8. The largest absolute Gasteiger partial charge is 0.393 e. The highest BCUT2D eigenvalue weighted by Crippen LogP contribution is 2.23. The van der Waals surface area contributed by atoms with Crippen LogP contribution in [-0.2, 0) is 15.9 Å². The van der Waals surface area contributed by atoms with Crippen LogP contribution in [0.4, 0.5) is 5.69 Å². The molecule has 24 heavy (non-hydrogen) atoms. The molecule has 0 bridgehead atoms. The molecule has 1 saturated heterocycles. The zero-order valence-corrected chi connectivity index (χ0v) is 13.8. The Kier molecular flexibility index (Phi) is 7.11. The van der Waals surface area contributed by atoms with Gasteiger partial charge in [-0.2, -0.15) is 0 Å². The normalized spacial score (nSPS) is 25.4. The Balaban J connectivity index is 1.65. The molecule has 1 heterocycles. The second kappa shape index (κ2) is 9.08. The smallest absolute Gasteiger partial charge is 0.269 e. The maximum absolute atomic E-state index is 10.6. The average Bonchev–Trinajstić information content (AvgIpc) is 2.54. The number of unbranched alkanes of at least 4 members (excludes halogenated alkanes) is 1. The molecule has 2 N–H and O–H groups in total. The van der Waals surface area contributed by atoms with Gasteiger partial charge in [0.1, 0.15) is 0 Å². The number of rotatable bonds is 8. The second-order valence-electron chi connectivity index (χ2n) is 6.22. The van der Waals surface area contributed by atoms with Crippen LogP contribution in [0.25, 0.3) is 0 Å². The summed E-state index contributed by atoms with van der Waals surface area (Å²) in [4.78, 5) is 10.2. The Bertz CT molecular complexity index is 518. The van der Waals surface area contributed by atoms with Crippen molar-refractivity contribution in [3.05, 3.63) is 39.9 Å². The SMILES string of the molecule is CC(O)C1CC(O)CC(OCCCCc2ccc([N+](=O)[O-])cc2)O1. The van der Waals surface area contributed by atoms with Crippen molar-refractivity contribution in [2.24, 2.45) is 0 Å². The Morgan fingerprint density at radius 1 is 1.33 bits per heavy atom. The number of nitro benzene ring substituents is 1. The molecule has 1 aliphatic rings. The number of hydrogen-bond acceptors (Lipinski definition) is 6. The van der Waals surface area contributed by atoms with Gasteiger partial charge in [-0.25, -0.2) is 0 Å². The number of non-ortho nitro benzene ring substituents is 1. The van der Waals surface area contributed by atoms with Crippen LogP contribution in [0.1, 0.15) is 38.2 Å². The van der Waals surface area contributed by atoms with Gasteiger partial charge >= 0.3 is 0 Å². The minimum absolute atomic E-state index is 0.0998. The summed E-state index contributed by atoms with van der Waals surface area (Å²) in [5.74, 6) is 0. The van der Waals surface area contributed by atoms with Crippen molar-refractivity contribution in [3.63, 3.8) is 0 Å². The molecule has 2 rings (SSSR count). The molecule has 4 unspecified atom stereocenters. The van der Waals surface area contributed by atoms with Gasteiger partial charge in [0, 0.05) is 31.6 Å². The topological polar surface area (TPSA) is 102 Å². The van der Waals surface area contributed by atoms with E-state index in [4.69, 9.17) is 9.47 Å². The van der Waals surface area contributed by atoms with E-state index >= 15 is 0 Å². The van der Waals surface area contributed by atoms with Gasteiger partial charge in [-0.3, -0.25) is 10.1 Å². The molecular weight excluding hydrogens is 314 g/mol. The van der Waals surface area contributed by atoms with E-state index in [1.807, 2.05) is 0 Å². The van der Waals surface area contributed by atoms with Crippen LogP contribution in [0, 0.1) is 10.1 Å². The molecule has 134 valence electrons. The van der Waals surface area contributed by atoms with E-state index in [1.165, 1.54) is 12.1 Å². The fourth-order valence-electron chi connectivity index (χ4n) is 2.74. The molecule has 1 aromatic rings. The first-order valence-corrected chi connectivity index (χ1v) is 8.32. The molecule has 0 saturated carbocycles. The number of ether oxygens (including phenoxy) is 2. The summed E-state index contributed by atoms with van der Waals surface area (Å²) in [6, 6.07) is 6.57. The Labute approximate surface area is 141 Å². The molecule has 4 atom stereocenters. The van der Waals surface area contributed by atoms with E-state index in [2.05, 4.69) is 0 Å². The summed E-state index contributed by atoms with van der Waals surface area (Å²) >= 11 is 0. The quantitative estimate of drug-likeness (QED) is 0.427. The van der Waals surface area contributed by atoms with Crippen LogP contribution in [0.15, 0.2) is 24.3 Å². The lowest BCUT2D eigenvalue weighted by molar-refractivity contribution is -0.384. The molecule has 1 aromatic carbocycles. The number of hydrogen-bond donors (Lipinski definition) is 2. The predicted molar refractivity (Wildman–Crippen MR) is 87.6 cm³/mol. The molecule has 0 amide bonds. The van der Waals surface area contributed by atoms with Gasteiger partial charge < -0.3 is 19.7 Å². The molecule has 7 heteroatoms. The summed E-state index contributed by atoms with van der Waals surface area (Å²) in [6.07, 6.45) is 1.39. The van der Waals surface area contributed by atoms with Crippen LogP contribution in [-0.4, -0.2) is 46.3 Å². The Hall–Kier alpha value is -1.54. The number of aliphatic hydroxyl groups excluding tert-OH is 2. The third kappa shape index (κ3) is 5.83. The first kappa shape index (κ1) is 18.8. The minimum atomic E-state index is -0.631. The Morgan fingerprint density at radius 2 is 2.04 bits per heavy atom. The minimum Gasteiger partial charge on any atom is -0.393 e. The van der Waals surface area contributed by atoms with Gasteiger partial charge in [0.05, 0.1) is 23.2 Å². The van der Waals surface area contributed by atoms with Crippen LogP contribution in [0.2, 0.25) is 0 Å². The predicted octanol–water partition coefficient (Wildman–Crippen LogP) is 2.18. The highest BCUT2D eigenvalue weighted by molar-refractivity contribution is 5.32. The first-order valence-electron chi connectivity index (χ1n) is 8.32. The number of benzene rings is 1. The van der Waals surface area contributed by atoms with Gasteiger partial charge in [0.15, 0.2) is 6.29 Å². The lowest BCUT2D eigenvalue weighted by atomic mass is 10.0. The number of aryl methyl sites for hydroxylation is 1. The van der Waals surface area contributed by atoms with Crippen LogP contribution in [0.3, 0.4) is 0 Å². The standard InChI is InChI=1S/C17H25NO6/c1-12(19)16-10-15(20)11-17(24-16)23-9-3-2-4-13-5-7-14(8-6-13)18(21)22/h5-8,12,15-17,19-20H,2-4,9-11H2,1H3. The third-order valence-corrected chi connectivity index (χ3v) is 4.14. The van der Waals surface area contributed by atoms with E-state index in [1.54, 1.807) is 19.1 Å². The van der Waals surface area contributed by atoms with Gasteiger partial charge in [0.2, 0.25) is 0 Å². The maximum Gasteiger partial charge on any atom is 0.269 e. The maximum atomic E-state index is 10.6. The van der Waals surface area contributed by atoms with E-state index in [9.17, 15) is 20.3 Å². The fourth-order valence-corrected chi connectivity index (χ4v) is 2.74. The van der Waals surface area contributed by atoms with Crippen LogP contribution < -0.4 is 0 Å². The first-order chi connectivity index (χ1) is 11.5. The summed E-state index contributed by atoms with van der Waals surface area (Å²) < 4.78 is 11.3. The molecule has 0 radical (unpaired) electrons. The zero-order chi connectivity index (χ0) is 17.5. The average molecular weight is 339 g/mol. The van der Waals surface area contributed by atoms with E-state index in [0.717, 1.165) is 24.8 Å². The molecule has 7 nitrogen and oxygen atoms in total.